The summed E-state index contributed by atoms with van der Waals surface area (Å²) < 4.78 is 0. The number of nitrogens with zero attached hydrogens (tertiary/aromatic N) is 1. The van der Waals surface area contributed by atoms with E-state index in [1.54, 1.807) is 18.3 Å². The molecule has 0 atom stereocenters. The number of rotatable bonds is 5. The third-order valence-corrected chi connectivity index (χ3v) is 4.32. The number of para-hydroxylation sites is 1. The van der Waals surface area contributed by atoms with E-state index >= 15 is 0 Å². The molecule has 4 rings (SSSR count). The average molecular weight is 395 g/mol. The Hall–Kier alpha value is -4.14. The summed E-state index contributed by atoms with van der Waals surface area (Å²) in [7, 11) is 0. The monoisotopic (exact) mass is 395 g/mol. The quantitative estimate of drug-likeness (QED) is 0.300. The Bertz CT molecular complexity index is 1210. The molecule has 4 N–H and O–H groups in total. The van der Waals surface area contributed by atoms with Crippen molar-refractivity contribution >= 4 is 39.4 Å². The molecular weight excluding hydrogens is 378 g/mol. The van der Waals surface area contributed by atoms with E-state index in [2.05, 4.69) is 9.97 Å². The molecule has 2 heterocycles. The van der Waals surface area contributed by atoms with Gasteiger partial charge in [0, 0.05) is 29.4 Å². The second-order valence-electron chi connectivity index (χ2n) is 6.27. The summed E-state index contributed by atoms with van der Waals surface area (Å²) >= 11 is 0. The number of aromatic amines is 2. The highest BCUT2D eigenvalue weighted by molar-refractivity contribution is 5.94. The fourth-order valence-corrected chi connectivity index (χ4v) is 3.13. The Kier molecular flexibility index (Phi) is 5.59. The minimum Gasteiger partial charge on any atom is -0.481 e. The van der Waals surface area contributed by atoms with Gasteiger partial charge in [-0.15, -0.1) is 0 Å². The van der Waals surface area contributed by atoms with E-state index in [1.807, 2.05) is 24.3 Å². The highest BCUT2D eigenvalue weighted by Crippen LogP contribution is 2.28. The predicted octanol–water partition coefficient (Wildman–Crippen LogP) is 3.50. The van der Waals surface area contributed by atoms with Crippen LogP contribution in [0.1, 0.15) is 11.1 Å². The van der Waals surface area contributed by atoms with Crippen molar-refractivity contribution in [3.8, 4) is 0 Å². The van der Waals surface area contributed by atoms with Crippen molar-refractivity contribution in [2.24, 2.45) is 0 Å². The number of nitrogens with one attached hydrogen (secondary N) is 2. The molecule has 2 aromatic heterocycles. The lowest BCUT2D eigenvalue weighted by molar-refractivity contribution is -0.383. The van der Waals surface area contributed by atoms with Gasteiger partial charge in [-0.25, -0.2) is 0 Å². The maximum Gasteiger partial charge on any atom is 0.307 e. The summed E-state index contributed by atoms with van der Waals surface area (Å²) in [6.45, 7) is 0. The molecule has 0 aliphatic carbocycles. The van der Waals surface area contributed by atoms with E-state index in [0.717, 1.165) is 16.5 Å². The zero-order chi connectivity index (χ0) is 21.0. The van der Waals surface area contributed by atoms with Gasteiger partial charge < -0.3 is 20.2 Å². The molecule has 9 nitrogen and oxygen atoms in total. The van der Waals surface area contributed by atoms with E-state index in [9.17, 15) is 19.7 Å². The fraction of sp³-hybridized carbons (Fsp3) is 0.100. The van der Waals surface area contributed by atoms with E-state index in [4.69, 9.17) is 10.2 Å². The van der Waals surface area contributed by atoms with Gasteiger partial charge in [0.2, 0.25) is 0 Å². The molecular formula is C20H17N3O6. The molecule has 148 valence electrons. The number of non-ortho nitro benzene ring substituents is 1. The molecule has 0 bridgehead atoms. The molecule has 9 heteroatoms. The standard InChI is InChI=1S/C10H8N2O4.C10H9NO2/c13-9(14)4-6-5-11-7-2-1-3-8(10(6)7)12(15)16;12-10(13)5-7-6-11-9-4-2-1-3-8(7)9/h1-3,5,11H,4H2,(H,13,14);1-4,6,11H,5H2,(H,12,13). The van der Waals surface area contributed by atoms with Gasteiger partial charge in [-0.05, 0) is 23.3 Å². The average Bonchev–Trinajstić information content (AvgIpc) is 3.26. The van der Waals surface area contributed by atoms with E-state index in [0.29, 0.717) is 16.5 Å². The summed E-state index contributed by atoms with van der Waals surface area (Å²) in [4.78, 5) is 37.2. The van der Waals surface area contributed by atoms with Gasteiger partial charge in [0.1, 0.15) is 0 Å². The highest BCUT2D eigenvalue weighted by Gasteiger charge is 2.17. The van der Waals surface area contributed by atoms with Crippen molar-refractivity contribution in [3.05, 3.63) is 76.1 Å². The first-order chi connectivity index (χ1) is 13.9. The van der Waals surface area contributed by atoms with Crippen molar-refractivity contribution in [2.75, 3.05) is 0 Å². The van der Waals surface area contributed by atoms with Gasteiger partial charge in [0.25, 0.3) is 5.69 Å². The summed E-state index contributed by atoms with van der Waals surface area (Å²) in [5, 5.41) is 29.5. The van der Waals surface area contributed by atoms with Crippen LogP contribution in [0.25, 0.3) is 21.8 Å². The molecule has 0 fully saturated rings. The summed E-state index contributed by atoms with van der Waals surface area (Å²) in [5.74, 6) is -1.82. The maximum atomic E-state index is 10.8. The Morgan fingerprint density at radius 2 is 1.45 bits per heavy atom. The lowest BCUT2D eigenvalue weighted by Gasteiger charge is -1.96. The summed E-state index contributed by atoms with van der Waals surface area (Å²) in [6.07, 6.45) is 3.08. The Balaban J connectivity index is 0.000000169. The van der Waals surface area contributed by atoms with E-state index in [1.165, 1.54) is 12.3 Å². The minimum atomic E-state index is -1.01. The number of aliphatic carboxylic acids is 2. The van der Waals surface area contributed by atoms with Crippen LogP contribution in [0.3, 0.4) is 0 Å². The van der Waals surface area contributed by atoms with Gasteiger partial charge in [-0.2, -0.15) is 0 Å². The number of benzene rings is 2. The normalized spacial score (nSPS) is 10.5. The summed E-state index contributed by atoms with van der Waals surface area (Å²) in [6, 6.07) is 12.3. The number of carbonyl (C=O) groups is 2. The number of hydrogen-bond donors (Lipinski definition) is 4. The van der Waals surface area contributed by atoms with Crippen LogP contribution in [-0.4, -0.2) is 37.0 Å². The molecule has 2 aromatic carbocycles. The fourth-order valence-electron chi connectivity index (χ4n) is 3.13. The number of nitro groups is 1. The van der Waals surface area contributed by atoms with Crippen molar-refractivity contribution in [1.29, 1.82) is 0 Å². The molecule has 0 saturated heterocycles. The minimum absolute atomic E-state index is 0.0734. The van der Waals surface area contributed by atoms with Gasteiger partial charge in [0.15, 0.2) is 0 Å². The van der Waals surface area contributed by atoms with Gasteiger partial charge in [-0.1, -0.05) is 24.3 Å². The second kappa shape index (κ2) is 8.26. The third kappa shape index (κ3) is 4.41. The van der Waals surface area contributed by atoms with Crippen LogP contribution in [0.5, 0.6) is 0 Å². The highest BCUT2D eigenvalue weighted by atomic mass is 16.6. The van der Waals surface area contributed by atoms with Crippen LogP contribution in [0.15, 0.2) is 54.9 Å². The smallest absolute Gasteiger partial charge is 0.307 e. The summed E-state index contributed by atoms with van der Waals surface area (Å²) in [5.41, 5.74) is 2.75. The van der Waals surface area contributed by atoms with Crippen LogP contribution >= 0.6 is 0 Å². The molecule has 0 aliphatic heterocycles. The first-order valence-electron chi connectivity index (χ1n) is 8.58. The van der Waals surface area contributed by atoms with Gasteiger partial charge in [0.05, 0.1) is 28.7 Å². The lowest BCUT2D eigenvalue weighted by Crippen LogP contribution is -2.00. The number of hydrogen-bond acceptors (Lipinski definition) is 4. The maximum absolute atomic E-state index is 10.8. The first-order valence-corrected chi connectivity index (χ1v) is 8.58. The van der Waals surface area contributed by atoms with Crippen LogP contribution in [0.2, 0.25) is 0 Å². The van der Waals surface area contributed by atoms with Crippen molar-refractivity contribution < 1.29 is 24.7 Å². The van der Waals surface area contributed by atoms with E-state index in [-0.39, 0.29) is 18.5 Å². The van der Waals surface area contributed by atoms with Crippen molar-refractivity contribution in [3.63, 3.8) is 0 Å². The molecule has 0 unspecified atom stereocenters. The first kappa shape index (κ1) is 19.6. The van der Waals surface area contributed by atoms with Crippen molar-refractivity contribution in [1.82, 2.24) is 9.97 Å². The second-order valence-corrected chi connectivity index (χ2v) is 6.27. The number of H-pyrrole nitrogens is 2. The molecule has 4 aromatic rings. The van der Waals surface area contributed by atoms with Crippen LogP contribution in [-0.2, 0) is 22.4 Å². The van der Waals surface area contributed by atoms with Crippen molar-refractivity contribution in [2.45, 2.75) is 12.8 Å². The largest absolute Gasteiger partial charge is 0.481 e. The predicted molar refractivity (Wildman–Crippen MR) is 106 cm³/mol. The zero-order valence-corrected chi connectivity index (χ0v) is 15.1. The SMILES string of the molecule is O=C(O)Cc1c[nH]c2cccc([N+](=O)[O-])c12.O=C(O)Cc1c[nH]c2ccccc12. The van der Waals surface area contributed by atoms with Crippen LogP contribution in [0, 0.1) is 10.1 Å². The molecule has 29 heavy (non-hydrogen) atoms. The Labute approximate surface area is 163 Å². The zero-order valence-electron chi connectivity index (χ0n) is 15.1. The molecule has 0 spiro atoms. The third-order valence-electron chi connectivity index (χ3n) is 4.32. The van der Waals surface area contributed by atoms with Crippen LogP contribution < -0.4 is 0 Å². The Morgan fingerprint density at radius 1 is 0.862 bits per heavy atom. The van der Waals surface area contributed by atoms with E-state index < -0.39 is 16.9 Å². The number of carboxylic acid groups (broad SMARTS) is 2. The number of fused-ring (bicyclic) bond motifs is 2. The van der Waals surface area contributed by atoms with Crippen LogP contribution in [0.4, 0.5) is 5.69 Å². The number of carboxylic acids is 2. The molecule has 0 aliphatic rings. The topological polar surface area (TPSA) is 149 Å². The molecule has 0 radical (unpaired) electrons. The molecule has 0 amide bonds. The van der Waals surface area contributed by atoms with Gasteiger partial charge >= 0.3 is 11.9 Å². The number of nitro benzene ring substituents is 1. The number of aromatic nitrogens is 2. The van der Waals surface area contributed by atoms with Gasteiger partial charge in [-0.3, -0.25) is 19.7 Å². The molecule has 0 saturated carbocycles. The Morgan fingerprint density at radius 3 is 2.14 bits per heavy atom. The lowest BCUT2D eigenvalue weighted by atomic mass is 10.1.